The van der Waals surface area contributed by atoms with Gasteiger partial charge in [0, 0.05) is 11.1 Å². The van der Waals surface area contributed by atoms with Crippen molar-refractivity contribution in [2.45, 2.75) is 12.5 Å². The van der Waals surface area contributed by atoms with E-state index in [0.29, 0.717) is 23.0 Å². The highest BCUT2D eigenvalue weighted by molar-refractivity contribution is 5.89. The van der Waals surface area contributed by atoms with Gasteiger partial charge in [-0.15, -0.1) is 5.10 Å². The predicted octanol–water partition coefficient (Wildman–Crippen LogP) is 3.36. The van der Waals surface area contributed by atoms with Gasteiger partial charge < -0.3 is 10.1 Å². The summed E-state index contributed by atoms with van der Waals surface area (Å²) < 4.78 is 20.9. The molecule has 30 heavy (non-hydrogen) atoms. The van der Waals surface area contributed by atoms with E-state index in [4.69, 9.17) is 4.74 Å². The molecule has 0 saturated heterocycles. The quantitative estimate of drug-likeness (QED) is 0.567. The molecule has 4 aromatic rings. The third-order valence-corrected chi connectivity index (χ3v) is 4.95. The normalized spacial score (nSPS) is 12.6. The van der Waals surface area contributed by atoms with Crippen molar-refractivity contribution in [2.75, 3.05) is 0 Å². The van der Waals surface area contributed by atoms with Crippen LogP contribution in [0.1, 0.15) is 22.9 Å². The molecular formula is C22H16FN5O2. The van der Waals surface area contributed by atoms with E-state index < -0.39 is 11.7 Å². The maximum absolute atomic E-state index is 13.6. The Morgan fingerprint density at radius 1 is 1.00 bits per heavy atom. The Hall–Kier alpha value is -4.07. The molecule has 8 heteroatoms. The van der Waals surface area contributed by atoms with Crippen LogP contribution in [0.2, 0.25) is 0 Å². The zero-order valence-corrected chi connectivity index (χ0v) is 15.7. The molecule has 5 rings (SSSR count). The Bertz CT molecular complexity index is 1190. The maximum Gasteiger partial charge on any atom is 0.232 e. The van der Waals surface area contributed by atoms with Crippen molar-refractivity contribution in [3.05, 3.63) is 95.6 Å². The first-order chi connectivity index (χ1) is 14.7. The molecule has 0 aliphatic carbocycles. The van der Waals surface area contributed by atoms with Gasteiger partial charge in [0.25, 0.3) is 0 Å². The highest BCUT2D eigenvalue weighted by Crippen LogP contribution is 2.43. The Morgan fingerprint density at radius 3 is 2.40 bits per heavy atom. The molecule has 0 spiro atoms. The second-order valence-electron chi connectivity index (χ2n) is 6.82. The summed E-state index contributed by atoms with van der Waals surface area (Å²) in [5.41, 5.74) is 2.06. The fourth-order valence-electron chi connectivity index (χ4n) is 3.59. The van der Waals surface area contributed by atoms with E-state index in [9.17, 15) is 9.18 Å². The largest absolute Gasteiger partial charge is 0.457 e. The molecular weight excluding hydrogens is 385 g/mol. The van der Waals surface area contributed by atoms with E-state index in [1.54, 1.807) is 12.1 Å². The first-order valence-electron chi connectivity index (χ1n) is 9.37. The summed E-state index contributed by atoms with van der Waals surface area (Å²) in [6, 6.07) is 20.9. The summed E-state index contributed by atoms with van der Waals surface area (Å²) in [5, 5.41) is 14.4. The lowest BCUT2D eigenvalue weighted by atomic mass is 9.87. The number of amides is 1. The summed E-state index contributed by atoms with van der Waals surface area (Å²) in [4.78, 5) is 13.2. The first kappa shape index (κ1) is 18.0. The third kappa shape index (κ3) is 3.18. The number of ether oxygens (including phenoxy) is 1. The second kappa shape index (κ2) is 7.40. The van der Waals surface area contributed by atoms with Gasteiger partial charge in [-0.05, 0) is 40.8 Å². The number of carbonyl (C=O) groups is 1. The number of nitrogens with zero attached hydrogens (tertiary/aromatic N) is 4. The van der Waals surface area contributed by atoms with Crippen LogP contribution in [0.3, 0.4) is 0 Å². The van der Waals surface area contributed by atoms with Gasteiger partial charge in [-0.2, -0.15) is 4.68 Å². The zero-order chi connectivity index (χ0) is 20.5. The van der Waals surface area contributed by atoms with Gasteiger partial charge in [0.05, 0.1) is 18.2 Å². The summed E-state index contributed by atoms with van der Waals surface area (Å²) >= 11 is 0. The Kier molecular flexibility index (Phi) is 4.44. The van der Waals surface area contributed by atoms with Crippen LogP contribution in [-0.4, -0.2) is 26.1 Å². The minimum Gasteiger partial charge on any atom is -0.457 e. The summed E-state index contributed by atoms with van der Waals surface area (Å²) in [6.45, 7) is 0.0873. The molecule has 1 aromatic heterocycles. The van der Waals surface area contributed by atoms with E-state index in [2.05, 4.69) is 20.8 Å². The van der Waals surface area contributed by atoms with Crippen LogP contribution in [0.25, 0.3) is 5.69 Å². The average Bonchev–Trinajstić information content (AvgIpc) is 3.24. The second-order valence-corrected chi connectivity index (χ2v) is 6.82. The summed E-state index contributed by atoms with van der Waals surface area (Å²) in [6.07, 6.45) is 0. The van der Waals surface area contributed by atoms with E-state index in [1.807, 2.05) is 48.5 Å². The number of hydrogen-bond donors (Lipinski definition) is 1. The van der Waals surface area contributed by atoms with E-state index in [-0.39, 0.29) is 12.5 Å². The number of fused-ring (bicyclic) bond motifs is 2. The van der Waals surface area contributed by atoms with Gasteiger partial charge >= 0.3 is 0 Å². The van der Waals surface area contributed by atoms with E-state index in [0.717, 1.165) is 11.1 Å². The molecule has 1 aliphatic rings. The van der Waals surface area contributed by atoms with Crippen LogP contribution in [0.15, 0.2) is 72.8 Å². The fourth-order valence-corrected chi connectivity index (χ4v) is 3.59. The van der Waals surface area contributed by atoms with Crippen LogP contribution in [-0.2, 0) is 11.3 Å². The van der Waals surface area contributed by atoms with Crippen molar-refractivity contribution in [2.24, 2.45) is 0 Å². The number of aromatic nitrogens is 4. The number of halogens is 1. The molecule has 1 N–H and O–H groups in total. The maximum atomic E-state index is 13.6. The van der Waals surface area contributed by atoms with Crippen LogP contribution >= 0.6 is 0 Å². The molecule has 2 heterocycles. The number of rotatable bonds is 4. The van der Waals surface area contributed by atoms with Crippen molar-refractivity contribution in [1.82, 2.24) is 25.5 Å². The molecule has 0 radical (unpaired) electrons. The molecule has 3 aromatic carbocycles. The lowest BCUT2D eigenvalue weighted by molar-refractivity contribution is -0.122. The SMILES string of the molecule is O=C(NCc1nnnn1-c1cccc(F)c1)C1c2ccccc2Oc2ccccc21. The lowest BCUT2D eigenvalue weighted by Gasteiger charge is -2.27. The van der Waals surface area contributed by atoms with Gasteiger partial charge in [0.1, 0.15) is 17.3 Å². The third-order valence-electron chi connectivity index (χ3n) is 4.95. The van der Waals surface area contributed by atoms with Crippen molar-refractivity contribution in [3.63, 3.8) is 0 Å². The lowest BCUT2D eigenvalue weighted by Crippen LogP contribution is -2.32. The van der Waals surface area contributed by atoms with Crippen LogP contribution in [0.5, 0.6) is 11.5 Å². The van der Waals surface area contributed by atoms with Crippen LogP contribution in [0, 0.1) is 5.82 Å². The molecule has 0 fully saturated rings. The van der Waals surface area contributed by atoms with Crippen molar-refractivity contribution < 1.29 is 13.9 Å². The molecule has 0 bridgehead atoms. The molecule has 0 unspecified atom stereocenters. The molecule has 1 amide bonds. The number of tetrazole rings is 1. The monoisotopic (exact) mass is 401 g/mol. The van der Waals surface area contributed by atoms with Crippen LogP contribution in [0.4, 0.5) is 4.39 Å². The zero-order valence-electron chi connectivity index (χ0n) is 15.7. The predicted molar refractivity (Wildman–Crippen MR) is 106 cm³/mol. The van der Waals surface area contributed by atoms with E-state index in [1.165, 1.54) is 16.8 Å². The van der Waals surface area contributed by atoms with Gasteiger partial charge in [0.2, 0.25) is 5.91 Å². The topological polar surface area (TPSA) is 81.9 Å². The minimum absolute atomic E-state index is 0.0873. The van der Waals surface area contributed by atoms with Crippen molar-refractivity contribution in [1.29, 1.82) is 0 Å². The molecule has 0 saturated carbocycles. The van der Waals surface area contributed by atoms with Gasteiger partial charge in [-0.25, -0.2) is 4.39 Å². The van der Waals surface area contributed by atoms with Gasteiger partial charge in [0.15, 0.2) is 5.82 Å². The van der Waals surface area contributed by atoms with Crippen molar-refractivity contribution in [3.8, 4) is 17.2 Å². The Balaban J connectivity index is 1.42. The summed E-state index contributed by atoms with van der Waals surface area (Å²) in [5.74, 6) is 0.578. The standard InChI is InChI=1S/C22H16FN5O2/c23-14-6-5-7-15(12-14)28-20(25-26-27-28)13-24-22(29)21-16-8-1-3-10-18(16)30-19-11-4-2-9-17(19)21/h1-12,21H,13H2,(H,24,29). The Labute approximate surface area is 171 Å². The molecule has 0 atom stereocenters. The number of carbonyl (C=O) groups excluding carboxylic acids is 1. The van der Waals surface area contributed by atoms with Gasteiger partial charge in [-0.3, -0.25) is 4.79 Å². The highest BCUT2D eigenvalue weighted by atomic mass is 19.1. The van der Waals surface area contributed by atoms with Crippen molar-refractivity contribution >= 4 is 5.91 Å². The van der Waals surface area contributed by atoms with Crippen LogP contribution < -0.4 is 10.1 Å². The highest BCUT2D eigenvalue weighted by Gasteiger charge is 2.32. The summed E-state index contributed by atoms with van der Waals surface area (Å²) in [7, 11) is 0. The molecule has 7 nitrogen and oxygen atoms in total. The van der Waals surface area contributed by atoms with Gasteiger partial charge in [-0.1, -0.05) is 42.5 Å². The molecule has 1 aliphatic heterocycles. The molecule has 148 valence electrons. The Morgan fingerprint density at radius 2 is 1.70 bits per heavy atom. The number of para-hydroxylation sites is 2. The number of hydrogen-bond acceptors (Lipinski definition) is 5. The minimum atomic E-state index is -0.523. The van der Waals surface area contributed by atoms with E-state index >= 15 is 0 Å². The average molecular weight is 401 g/mol. The fraction of sp³-hybridized carbons (Fsp3) is 0.0909. The number of benzene rings is 3. The smallest absolute Gasteiger partial charge is 0.232 e. The first-order valence-corrected chi connectivity index (χ1v) is 9.37. The number of nitrogens with one attached hydrogen (secondary N) is 1.